The van der Waals surface area contributed by atoms with Crippen molar-refractivity contribution in [3.8, 4) is 11.5 Å². The molecule has 2 aromatic carbocycles. The van der Waals surface area contributed by atoms with Crippen molar-refractivity contribution in [3.63, 3.8) is 0 Å². The normalized spacial score (nSPS) is 12.1. The van der Waals surface area contributed by atoms with E-state index < -0.39 is 11.7 Å². The third kappa shape index (κ3) is 3.41. The maximum atomic E-state index is 11.5. The van der Waals surface area contributed by atoms with Crippen molar-refractivity contribution in [2.75, 3.05) is 13.7 Å². The van der Waals surface area contributed by atoms with E-state index >= 15 is 0 Å². The molecule has 1 N–H and O–H groups in total. The van der Waals surface area contributed by atoms with E-state index in [2.05, 4.69) is 0 Å². The van der Waals surface area contributed by atoms with Crippen LogP contribution in [0.25, 0.3) is 11.0 Å². The molecule has 0 aliphatic rings. The number of methoxy groups -OCH3 is 1. The molecule has 0 amide bonds. The summed E-state index contributed by atoms with van der Waals surface area (Å²) in [5, 5.41) is 11.1. The Bertz CT molecular complexity index is 913. The highest BCUT2D eigenvalue weighted by molar-refractivity contribution is 5.81. The third-order valence-electron chi connectivity index (χ3n) is 3.81. The van der Waals surface area contributed by atoms with Crippen molar-refractivity contribution in [1.82, 2.24) is 0 Å². The number of hydrogen-bond donors (Lipinski definition) is 1. The van der Waals surface area contributed by atoms with Gasteiger partial charge in [0.05, 0.1) is 7.11 Å². The molecule has 124 valence electrons. The van der Waals surface area contributed by atoms with Gasteiger partial charge in [0.2, 0.25) is 0 Å². The maximum Gasteiger partial charge on any atom is 0.336 e. The van der Waals surface area contributed by atoms with E-state index in [-0.39, 0.29) is 6.61 Å². The van der Waals surface area contributed by atoms with Gasteiger partial charge in [-0.3, -0.25) is 0 Å². The van der Waals surface area contributed by atoms with Crippen molar-refractivity contribution in [2.24, 2.45) is 0 Å². The predicted octanol–water partition coefficient (Wildman–Crippen LogP) is 3.22. The van der Waals surface area contributed by atoms with Crippen LogP contribution in [0.1, 0.15) is 17.2 Å². The maximum absolute atomic E-state index is 11.5. The van der Waals surface area contributed by atoms with Crippen molar-refractivity contribution in [1.29, 1.82) is 0 Å². The van der Waals surface area contributed by atoms with Gasteiger partial charge in [-0.05, 0) is 42.3 Å². The summed E-state index contributed by atoms with van der Waals surface area (Å²) in [6, 6.07) is 13.9. The fourth-order valence-electron chi connectivity index (χ4n) is 2.52. The van der Waals surface area contributed by atoms with Gasteiger partial charge in [-0.25, -0.2) is 4.79 Å². The van der Waals surface area contributed by atoms with E-state index in [1.165, 1.54) is 6.07 Å². The molecule has 3 rings (SSSR count). The molecule has 0 unspecified atom stereocenters. The minimum absolute atomic E-state index is 0.0781. The number of hydrogen-bond acceptors (Lipinski definition) is 5. The fourth-order valence-corrected chi connectivity index (χ4v) is 2.52. The van der Waals surface area contributed by atoms with E-state index in [0.29, 0.717) is 22.6 Å². The lowest BCUT2D eigenvalue weighted by Crippen LogP contribution is -2.09. The van der Waals surface area contributed by atoms with Crippen LogP contribution in [-0.2, 0) is 0 Å². The van der Waals surface area contributed by atoms with Gasteiger partial charge in [-0.15, -0.1) is 0 Å². The van der Waals surface area contributed by atoms with Crippen LogP contribution in [0.2, 0.25) is 0 Å². The lowest BCUT2D eigenvalue weighted by Gasteiger charge is -2.14. The van der Waals surface area contributed by atoms with E-state index in [4.69, 9.17) is 13.9 Å². The van der Waals surface area contributed by atoms with Gasteiger partial charge in [0.15, 0.2) is 0 Å². The monoisotopic (exact) mass is 326 g/mol. The second-order valence-corrected chi connectivity index (χ2v) is 5.51. The molecule has 0 saturated heterocycles. The van der Waals surface area contributed by atoms with Crippen LogP contribution in [0.4, 0.5) is 0 Å². The van der Waals surface area contributed by atoms with Gasteiger partial charge in [0.25, 0.3) is 0 Å². The van der Waals surface area contributed by atoms with Crippen molar-refractivity contribution in [3.05, 3.63) is 70.1 Å². The molecule has 0 saturated carbocycles. The summed E-state index contributed by atoms with van der Waals surface area (Å²) in [6.07, 6.45) is -0.791. The van der Waals surface area contributed by atoms with Crippen LogP contribution < -0.4 is 15.1 Å². The molecule has 1 aromatic heterocycles. The van der Waals surface area contributed by atoms with Crippen LogP contribution in [0.15, 0.2) is 57.7 Å². The number of ether oxygens (including phenoxy) is 2. The molecule has 1 atom stereocenters. The van der Waals surface area contributed by atoms with Gasteiger partial charge in [0, 0.05) is 17.5 Å². The molecule has 0 bridgehead atoms. The first-order chi connectivity index (χ1) is 11.6. The van der Waals surface area contributed by atoms with Gasteiger partial charge in [0.1, 0.15) is 29.8 Å². The number of aliphatic hydroxyl groups is 1. The summed E-state index contributed by atoms with van der Waals surface area (Å²) in [5.74, 6) is 1.20. The zero-order valence-electron chi connectivity index (χ0n) is 13.5. The largest absolute Gasteiger partial charge is 0.497 e. The average molecular weight is 326 g/mol. The van der Waals surface area contributed by atoms with Crippen LogP contribution in [-0.4, -0.2) is 18.8 Å². The highest BCUT2D eigenvalue weighted by Gasteiger charge is 2.10. The number of aryl methyl sites for hydroxylation is 1. The van der Waals surface area contributed by atoms with Crippen LogP contribution in [0.5, 0.6) is 11.5 Å². The van der Waals surface area contributed by atoms with Crippen LogP contribution in [0, 0.1) is 6.92 Å². The lowest BCUT2D eigenvalue weighted by molar-refractivity contribution is 0.108. The first-order valence-electron chi connectivity index (χ1n) is 7.56. The number of benzene rings is 2. The van der Waals surface area contributed by atoms with Gasteiger partial charge in [-0.2, -0.15) is 0 Å². The first kappa shape index (κ1) is 16.1. The molecular formula is C19H18O5. The van der Waals surface area contributed by atoms with Crippen molar-refractivity contribution >= 4 is 11.0 Å². The zero-order chi connectivity index (χ0) is 17.1. The Morgan fingerprint density at radius 1 is 1.12 bits per heavy atom. The summed E-state index contributed by atoms with van der Waals surface area (Å²) < 4.78 is 16.0. The second kappa shape index (κ2) is 6.76. The number of aliphatic hydroxyl groups excluding tert-OH is 1. The zero-order valence-corrected chi connectivity index (χ0v) is 13.5. The minimum atomic E-state index is -0.791. The Hall–Kier alpha value is -2.79. The number of fused-ring (bicyclic) bond motifs is 1. The topological polar surface area (TPSA) is 68.9 Å². The van der Waals surface area contributed by atoms with Crippen LogP contribution >= 0.6 is 0 Å². The molecule has 1 heterocycles. The molecule has 24 heavy (non-hydrogen) atoms. The van der Waals surface area contributed by atoms with Crippen molar-refractivity contribution in [2.45, 2.75) is 13.0 Å². The van der Waals surface area contributed by atoms with E-state index in [0.717, 1.165) is 10.9 Å². The van der Waals surface area contributed by atoms with Gasteiger partial charge < -0.3 is 19.0 Å². The molecule has 3 aromatic rings. The van der Waals surface area contributed by atoms with Crippen molar-refractivity contribution < 1.29 is 19.0 Å². The lowest BCUT2D eigenvalue weighted by atomic mass is 10.1. The summed E-state index contributed by atoms with van der Waals surface area (Å²) >= 11 is 0. The SMILES string of the molecule is COc1cccc([C@H](O)COc2ccc3c(C)cc(=O)oc3c2)c1. The van der Waals surface area contributed by atoms with E-state index in [1.807, 2.05) is 25.1 Å². The standard InChI is InChI=1S/C19H18O5/c1-12-8-19(21)24-18-10-15(6-7-16(12)18)23-11-17(20)13-4-3-5-14(9-13)22-2/h3-10,17,20H,11H2,1-2H3/t17-/m1/s1. The molecule has 0 fully saturated rings. The molecule has 0 aliphatic carbocycles. The molecular weight excluding hydrogens is 308 g/mol. The predicted molar refractivity (Wildman–Crippen MR) is 90.7 cm³/mol. The van der Waals surface area contributed by atoms with Gasteiger partial charge in [-0.1, -0.05) is 12.1 Å². The Labute approximate surface area is 139 Å². The minimum Gasteiger partial charge on any atom is -0.497 e. The summed E-state index contributed by atoms with van der Waals surface area (Å²) in [6.45, 7) is 1.93. The highest BCUT2D eigenvalue weighted by atomic mass is 16.5. The first-order valence-corrected chi connectivity index (χ1v) is 7.56. The van der Waals surface area contributed by atoms with Crippen LogP contribution in [0.3, 0.4) is 0 Å². The average Bonchev–Trinajstić information content (AvgIpc) is 2.59. The smallest absolute Gasteiger partial charge is 0.336 e. The summed E-state index contributed by atoms with van der Waals surface area (Å²) in [4.78, 5) is 11.5. The van der Waals surface area contributed by atoms with E-state index in [9.17, 15) is 9.90 Å². The Morgan fingerprint density at radius 3 is 2.75 bits per heavy atom. The Balaban J connectivity index is 1.76. The quantitative estimate of drug-likeness (QED) is 0.729. The summed E-state index contributed by atoms with van der Waals surface area (Å²) in [5.41, 5.74) is 1.63. The van der Waals surface area contributed by atoms with E-state index in [1.54, 1.807) is 31.4 Å². The number of rotatable bonds is 5. The van der Waals surface area contributed by atoms with Gasteiger partial charge >= 0.3 is 5.63 Å². The molecule has 0 spiro atoms. The molecule has 5 nitrogen and oxygen atoms in total. The highest BCUT2D eigenvalue weighted by Crippen LogP contribution is 2.24. The Morgan fingerprint density at radius 2 is 1.96 bits per heavy atom. The second-order valence-electron chi connectivity index (χ2n) is 5.51. The molecule has 0 aliphatic heterocycles. The fraction of sp³-hybridized carbons (Fsp3) is 0.211. The molecule has 5 heteroatoms. The Kier molecular flexibility index (Phi) is 4.53. The third-order valence-corrected chi connectivity index (χ3v) is 3.81. The molecule has 0 radical (unpaired) electrons. The summed E-state index contributed by atoms with van der Waals surface area (Å²) in [7, 11) is 1.58.